The van der Waals surface area contributed by atoms with E-state index in [2.05, 4.69) is 227 Å². The van der Waals surface area contributed by atoms with E-state index < -0.39 is 0 Å². The maximum absolute atomic E-state index is 9.71. The summed E-state index contributed by atoms with van der Waals surface area (Å²) in [6.45, 7) is 0. The van der Waals surface area contributed by atoms with Crippen molar-refractivity contribution in [3.63, 3.8) is 0 Å². The Hall–Kier alpha value is -16.6. The van der Waals surface area contributed by atoms with Gasteiger partial charge in [-0.25, -0.2) is 29.9 Å². The first kappa shape index (κ1) is 69.6. The van der Waals surface area contributed by atoms with Crippen LogP contribution in [0, 0.1) is 22.7 Å². The molecular formula is C102H64N14O. The van der Waals surface area contributed by atoms with E-state index in [1.165, 1.54) is 54.4 Å². The van der Waals surface area contributed by atoms with Crippen molar-refractivity contribution in [3.05, 3.63) is 400 Å². The Labute approximate surface area is 672 Å². The van der Waals surface area contributed by atoms with E-state index in [4.69, 9.17) is 24.7 Å². The number of rotatable bonds is 11. The Balaban J connectivity index is 0.000000114. The Bertz CT molecular complexity index is 7250. The molecule has 1 aliphatic rings. The maximum atomic E-state index is 9.71. The summed E-state index contributed by atoms with van der Waals surface area (Å²) in [5, 5.41) is 26.6. The van der Waals surface area contributed by atoms with Crippen LogP contribution < -0.4 is 9.64 Å². The number of hydrogen-bond donors (Lipinski definition) is 0. The predicted octanol–water partition coefficient (Wildman–Crippen LogP) is 24.5. The molecule has 0 aliphatic carbocycles. The summed E-state index contributed by atoms with van der Waals surface area (Å²) in [5.74, 6) is 3.30. The lowest BCUT2D eigenvalue weighted by molar-refractivity contribution is 0.477. The van der Waals surface area contributed by atoms with Crippen molar-refractivity contribution in [2.24, 2.45) is 0 Å². The molecule has 8 aromatic heterocycles. The highest BCUT2D eigenvalue weighted by Crippen LogP contribution is 2.51. The van der Waals surface area contributed by atoms with Crippen LogP contribution in [0.15, 0.2) is 389 Å². The van der Waals surface area contributed by atoms with Crippen LogP contribution in [0.3, 0.4) is 0 Å². The lowest BCUT2D eigenvalue weighted by atomic mass is 10.1. The summed E-state index contributed by atoms with van der Waals surface area (Å²) in [6, 6.07) is 131. The van der Waals surface area contributed by atoms with E-state index in [-0.39, 0.29) is 0 Å². The van der Waals surface area contributed by atoms with Crippen LogP contribution in [-0.2, 0) is 0 Å². The number of pyridine rings is 2. The molecule has 0 atom stereocenters. The minimum Gasteiger partial charge on any atom is -0.453 e. The lowest BCUT2D eigenvalue weighted by Gasteiger charge is -2.32. The minimum absolute atomic E-state index is 0.337. The van der Waals surface area contributed by atoms with Crippen molar-refractivity contribution in [2.75, 3.05) is 4.90 Å². The topological polar surface area (TPSA) is 178 Å². The number of aromatic nitrogens is 11. The van der Waals surface area contributed by atoms with Crippen molar-refractivity contribution >= 4 is 82.5 Å². The molecule has 0 saturated carbocycles. The Kier molecular flexibility index (Phi) is 18.0. The SMILES string of the molecule is N#Cc1cc(-c2ccccc2)nc(-c2ccc(-n3c4ccccc4c4cc5c(cc43)c3ccccc3n5-c3ccccc3)cc2)n1.N#Cc1cc(-c2ccccc2)nc(-c2ccc(N3c4ccccc4Oc4ccccc43)cc2)n1.c1ccc(-c2cc(-c3ccccn3)nc(-c3ccc(-n4c5ccccc5c5ccccc54)cc3)n2)nc1. The number of hydrogen-bond acceptors (Lipinski definition) is 12. The van der Waals surface area contributed by atoms with E-state index in [9.17, 15) is 10.5 Å². The van der Waals surface area contributed by atoms with Gasteiger partial charge in [0.1, 0.15) is 23.5 Å². The van der Waals surface area contributed by atoms with Crippen molar-refractivity contribution < 1.29 is 4.74 Å². The zero-order valence-electron chi connectivity index (χ0n) is 62.6. The van der Waals surface area contributed by atoms with Gasteiger partial charge in [0.2, 0.25) is 0 Å². The highest BCUT2D eigenvalue weighted by atomic mass is 16.5. The average Bonchev–Trinajstić information content (AvgIpc) is 1.53. The smallest absolute Gasteiger partial charge is 0.161 e. The summed E-state index contributed by atoms with van der Waals surface area (Å²) in [6.07, 6.45) is 3.55. The molecule has 0 saturated heterocycles. The minimum atomic E-state index is 0.337. The van der Waals surface area contributed by atoms with Gasteiger partial charge in [-0.05, 0) is 176 Å². The van der Waals surface area contributed by atoms with Crippen LogP contribution in [0.5, 0.6) is 11.5 Å². The van der Waals surface area contributed by atoms with Crippen molar-refractivity contribution in [3.8, 4) is 120 Å². The van der Waals surface area contributed by atoms with E-state index >= 15 is 0 Å². The molecule has 548 valence electrons. The molecule has 0 N–H and O–H groups in total. The average molecular weight is 1500 g/mol. The van der Waals surface area contributed by atoms with Crippen LogP contribution in [-0.4, -0.2) is 53.6 Å². The van der Waals surface area contributed by atoms with Gasteiger partial charge in [-0.2, -0.15) is 10.5 Å². The van der Waals surface area contributed by atoms with E-state index in [0.29, 0.717) is 28.9 Å². The maximum Gasteiger partial charge on any atom is 0.161 e. The largest absolute Gasteiger partial charge is 0.453 e. The van der Waals surface area contributed by atoms with Gasteiger partial charge in [-0.15, -0.1) is 0 Å². The summed E-state index contributed by atoms with van der Waals surface area (Å²) in [4.78, 5) is 39.5. The van der Waals surface area contributed by atoms with Crippen LogP contribution in [0.1, 0.15) is 11.4 Å². The zero-order valence-corrected chi connectivity index (χ0v) is 62.6. The fraction of sp³-hybridized carbons (Fsp3) is 0. The third kappa shape index (κ3) is 13.2. The normalized spacial score (nSPS) is 11.5. The number of para-hydroxylation sites is 9. The number of fused-ring (bicyclic) bond motifs is 11. The van der Waals surface area contributed by atoms with Gasteiger partial charge in [0.05, 0.1) is 78.6 Å². The first-order valence-electron chi connectivity index (χ1n) is 38.3. The highest BCUT2D eigenvalue weighted by molar-refractivity contribution is 6.19. The molecule has 9 heterocycles. The van der Waals surface area contributed by atoms with Gasteiger partial charge in [0, 0.05) is 107 Å². The molecule has 117 heavy (non-hydrogen) atoms. The third-order valence-electron chi connectivity index (χ3n) is 21.0. The summed E-state index contributed by atoms with van der Waals surface area (Å²) in [7, 11) is 0. The standard InChI is InChI=1S/C41H25N5.C32H21N5.C29H18N4O/c42-26-29-23-36(27-11-3-1-4-12-27)44-41(43-29)28-19-21-31(22-20-28)46-38-18-10-8-16-33(38)35-24-39-34(25-40(35)46)32-15-7-9-17-37(32)45(39)30-13-5-2-6-14-30;1-3-13-30-24(9-1)25-10-2-4-14-31(25)37(30)23-17-15-22(16-18-23)32-35-28(26-11-5-7-19-33-26)21-29(36-32)27-12-6-8-20-34-27;30-19-22-18-24(20-8-2-1-3-9-20)32-29(31-22)21-14-16-23(17-15-21)33-25-10-4-6-12-27(25)34-28-13-7-5-11-26(28)33/h1-25H;1-21H;1-18H. The molecular weight excluding hydrogens is 1440 g/mol. The monoisotopic (exact) mass is 1500 g/mol. The summed E-state index contributed by atoms with van der Waals surface area (Å²) in [5.41, 5.74) is 23.0. The van der Waals surface area contributed by atoms with Crippen LogP contribution in [0.4, 0.5) is 17.1 Å². The Morgan fingerprint density at radius 3 is 0.957 bits per heavy atom. The quantitative estimate of drug-likeness (QED) is 0.120. The number of anilines is 3. The van der Waals surface area contributed by atoms with E-state index in [1.807, 2.05) is 188 Å². The molecule has 13 aromatic carbocycles. The molecule has 0 spiro atoms. The molecule has 21 aromatic rings. The molecule has 0 fully saturated rings. The Morgan fingerprint density at radius 2 is 0.556 bits per heavy atom. The van der Waals surface area contributed by atoms with Crippen LogP contribution in [0.25, 0.3) is 162 Å². The fourth-order valence-electron chi connectivity index (χ4n) is 15.7. The second kappa shape index (κ2) is 30.2. The first-order chi connectivity index (χ1) is 57.9. The first-order valence-corrected chi connectivity index (χ1v) is 38.3. The van der Waals surface area contributed by atoms with Gasteiger partial charge in [-0.3, -0.25) is 9.97 Å². The van der Waals surface area contributed by atoms with Crippen molar-refractivity contribution in [2.45, 2.75) is 0 Å². The number of nitriles is 2. The van der Waals surface area contributed by atoms with Gasteiger partial charge in [-0.1, -0.05) is 188 Å². The van der Waals surface area contributed by atoms with Gasteiger partial charge < -0.3 is 23.3 Å². The van der Waals surface area contributed by atoms with Crippen LogP contribution >= 0.6 is 0 Å². The Morgan fingerprint density at radius 1 is 0.231 bits per heavy atom. The van der Waals surface area contributed by atoms with Crippen molar-refractivity contribution in [1.29, 1.82) is 10.5 Å². The molecule has 15 heteroatoms. The zero-order chi connectivity index (χ0) is 78.1. The second-order valence-corrected chi connectivity index (χ2v) is 28.1. The van der Waals surface area contributed by atoms with Crippen LogP contribution in [0.2, 0.25) is 0 Å². The molecule has 0 amide bonds. The molecule has 22 rings (SSSR count). The molecule has 0 radical (unpaired) electrons. The van der Waals surface area contributed by atoms with E-state index in [0.717, 1.165) is 119 Å². The lowest BCUT2D eigenvalue weighted by Crippen LogP contribution is -2.15. The summed E-state index contributed by atoms with van der Waals surface area (Å²) >= 11 is 0. The van der Waals surface area contributed by atoms with Gasteiger partial charge in [0.25, 0.3) is 0 Å². The number of ether oxygens (including phenoxy) is 1. The highest BCUT2D eigenvalue weighted by Gasteiger charge is 2.27. The van der Waals surface area contributed by atoms with E-state index in [1.54, 1.807) is 24.5 Å². The molecule has 1 aliphatic heterocycles. The molecule has 0 bridgehead atoms. The van der Waals surface area contributed by atoms with Gasteiger partial charge in [0.15, 0.2) is 29.0 Å². The summed E-state index contributed by atoms with van der Waals surface area (Å²) < 4.78 is 13.1. The third-order valence-corrected chi connectivity index (χ3v) is 21.0. The number of benzene rings is 13. The fourth-order valence-corrected chi connectivity index (χ4v) is 15.7. The van der Waals surface area contributed by atoms with Crippen molar-refractivity contribution in [1.82, 2.24) is 53.6 Å². The molecule has 0 unspecified atom stereocenters. The van der Waals surface area contributed by atoms with Gasteiger partial charge >= 0.3 is 0 Å². The predicted molar refractivity (Wildman–Crippen MR) is 467 cm³/mol. The molecule has 15 nitrogen and oxygen atoms in total. The number of nitrogens with zero attached hydrogens (tertiary/aromatic N) is 14. The second-order valence-electron chi connectivity index (χ2n) is 28.1.